The number of anilines is 3. The first-order valence-electron chi connectivity index (χ1n) is 9.28. The molecule has 1 amide bonds. The predicted molar refractivity (Wildman–Crippen MR) is 109 cm³/mol. The summed E-state index contributed by atoms with van der Waals surface area (Å²) in [6.45, 7) is 3.59. The van der Waals surface area contributed by atoms with Crippen molar-refractivity contribution >= 4 is 34.8 Å². The van der Waals surface area contributed by atoms with Gasteiger partial charge in [-0.25, -0.2) is 9.18 Å². The molecule has 2 heterocycles. The molecule has 8 heteroatoms. The van der Waals surface area contributed by atoms with Crippen molar-refractivity contribution in [1.29, 1.82) is 0 Å². The fourth-order valence-electron chi connectivity index (χ4n) is 3.63. The molecule has 0 bridgehead atoms. The Balaban J connectivity index is 1.43. The average molecular weight is 405 g/mol. The van der Waals surface area contributed by atoms with Gasteiger partial charge >= 0.3 is 6.09 Å². The summed E-state index contributed by atoms with van der Waals surface area (Å²) in [6, 6.07) is 12.6. The summed E-state index contributed by atoms with van der Waals surface area (Å²) in [4.78, 5) is 17.6. The zero-order valence-corrected chi connectivity index (χ0v) is 16.1. The minimum atomic E-state index is -0.487. The maximum absolute atomic E-state index is 14.8. The van der Waals surface area contributed by atoms with Gasteiger partial charge in [-0.2, -0.15) is 0 Å². The number of piperazine rings is 1. The largest absolute Gasteiger partial charge is 0.443 e. The summed E-state index contributed by atoms with van der Waals surface area (Å²) in [5, 5.41) is 0.712. The fraction of sp³-hybridized carbons (Fsp3) is 0.350. The van der Waals surface area contributed by atoms with Crippen LogP contribution in [0.1, 0.15) is 0 Å². The Morgan fingerprint density at radius 3 is 2.29 bits per heavy atom. The van der Waals surface area contributed by atoms with Gasteiger partial charge in [0, 0.05) is 43.4 Å². The van der Waals surface area contributed by atoms with Crippen LogP contribution in [0.15, 0.2) is 42.5 Å². The van der Waals surface area contributed by atoms with Crippen LogP contribution in [0.3, 0.4) is 0 Å². The lowest BCUT2D eigenvalue weighted by molar-refractivity contribution is 0.145. The van der Waals surface area contributed by atoms with Crippen LogP contribution >= 0.6 is 11.6 Å². The minimum Gasteiger partial charge on any atom is -0.443 e. The molecule has 2 N–H and O–H groups in total. The van der Waals surface area contributed by atoms with E-state index in [1.165, 1.54) is 11.0 Å². The molecule has 2 fully saturated rings. The van der Waals surface area contributed by atoms with Crippen LogP contribution in [-0.4, -0.2) is 51.5 Å². The maximum atomic E-state index is 14.8. The molecule has 2 saturated heterocycles. The molecular weight excluding hydrogens is 383 g/mol. The van der Waals surface area contributed by atoms with Gasteiger partial charge in [0.2, 0.25) is 0 Å². The fourth-order valence-corrected chi connectivity index (χ4v) is 3.76. The number of benzene rings is 2. The van der Waals surface area contributed by atoms with E-state index < -0.39 is 6.09 Å². The molecule has 2 aromatic carbocycles. The molecule has 0 unspecified atom stereocenters. The van der Waals surface area contributed by atoms with Gasteiger partial charge in [0.1, 0.15) is 11.9 Å². The molecule has 0 radical (unpaired) electrons. The molecule has 4 rings (SSSR count). The molecular formula is C20H22ClFN4O2. The van der Waals surface area contributed by atoms with E-state index in [1.807, 2.05) is 29.2 Å². The van der Waals surface area contributed by atoms with E-state index in [9.17, 15) is 9.18 Å². The second-order valence-electron chi connectivity index (χ2n) is 6.94. The van der Waals surface area contributed by atoms with Gasteiger partial charge in [-0.15, -0.1) is 0 Å². The molecule has 0 spiro atoms. The highest BCUT2D eigenvalue weighted by molar-refractivity contribution is 6.30. The number of nitrogens with zero attached hydrogens (tertiary/aromatic N) is 3. The van der Waals surface area contributed by atoms with Crippen molar-refractivity contribution in [2.45, 2.75) is 6.10 Å². The van der Waals surface area contributed by atoms with Crippen molar-refractivity contribution in [2.24, 2.45) is 5.73 Å². The Kier molecular flexibility index (Phi) is 5.28. The van der Waals surface area contributed by atoms with Gasteiger partial charge < -0.3 is 20.3 Å². The Bertz CT molecular complexity index is 856. The van der Waals surface area contributed by atoms with Gasteiger partial charge in [-0.05, 0) is 42.5 Å². The number of amides is 1. The molecule has 0 aromatic heterocycles. The third kappa shape index (κ3) is 3.72. The first kappa shape index (κ1) is 18.8. The topological polar surface area (TPSA) is 62.0 Å². The Labute approximate surface area is 168 Å². The lowest BCUT2D eigenvalue weighted by atomic mass is 10.2. The standard InChI is InChI=1S/C20H22ClFN4O2/c21-14-1-3-15(4-2-14)24-7-9-25(10-8-24)19-6-5-16(11-18(19)22)26-13-17(12-23)28-20(26)27/h1-6,11,17H,7-10,12-13,23H2/t17-/m0/s1. The van der Waals surface area contributed by atoms with Crippen LogP contribution in [0, 0.1) is 5.82 Å². The van der Waals surface area contributed by atoms with E-state index in [0.29, 0.717) is 36.0 Å². The highest BCUT2D eigenvalue weighted by Crippen LogP contribution is 2.29. The van der Waals surface area contributed by atoms with E-state index in [-0.39, 0.29) is 18.5 Å². The van der Waals surface area contributed by atoms with Crippen LogP contribution in [0.25, 0.3) is 0 Å². The smallest absolute Gasteiger partial charge is 0.414 e. The number of ether oxygens (including phenoxy) is 1. The number of carbonyl (C=O) groups excluding carboxylic acids is 1. The summed E-state index contributed by atoms with van der Waals surface area (Å²) < 4.78 is 19.9. The molecule has 2 aliphatic rings. The van der Waals surface area contributed by atoms with Crippen LogP contribution in [0.2, 0.25) is 5.02 Å². The van der Waals surface area contributed by atoms with Crippen molar-refractivity contribution in [3.8, 4) is 0 Å². The van der Waals surface area contributed by atoms with Gasteiger partial charge in [0.15, 0.2) is 0 Å². The normalized spacial score (nSPS) is 19.9. The predicted octanol–water partition coefficient (Wildman–Crippen LogP) is 3.09. The number of nitrogens with two attached hydrogens (primary N) is 1. The summed E-state index contributed by atoms with van der Waals surface area (Å²) in [5.74, 6) is -0.346. The first-order chi connectivity index (χ1) is 13.5. The molecule has 2 aliphatic heterocycles. The van der Waals surface area contributed by atoms with Crippen molar-refractivity contribution < 1.29 is 13.9 Å². The van der Waals surface area contributed by atoms with Crippen molar-refractivity contribution in [2.75, 3.05) is 54.0 Å². The van der Waals surface area contributed by atoms with Gasteiger partial charge in [0.05, 0.1) is 17.9 Å². The minimum absolute atomic E-state index is 0.251. The Hall–Kier alpha value is -2.51. The lowest BCUT2D eigenvalue weighted by Crippen LogP contribution is -2.46. The molecule has 28 heavy (non-hydrogen) atoms. The molecule has 1 atom stereocenters. The number of hydrogen-bond donors (Lipinski definition) is 1. The summed E-state index contributed by atoms with van der Waals surface area (Å²) in [7, 11) is 0. The zero-order valence-electron chi connectivity index (χ0n) is 15.4. The van der Waals surface area contributed by atoms with Crippen LogP contribution in [-0.2, 0) is 4.74 Å². The third-order valence-corrected chi connectivity index (χ3v) is 5.44. The highest BCUT2D eigenvalue weighted by atomic mass is 35.5. The molecule has 0 saturated carbocycles. The molecule has 148 valence electrons. The van der Waals surface area contributed by atoms with Crippen LogP contribution in [0.4, 0.5) is 26.2 Å². The van der Waals surface area contributed by atoms with Gasteiger partial charge in [-0.1, -0.05) is 11.6 Å². The molecule has 0 aliphatic carbocycles. The van der Waals surface area contributed by atoms with E-state index in [1.54, 1.807) is 12.1 Å². The Morgan fingerprint density at radius 1 is 1.04 bits per heavy atom. The van der Waals surface area contributed by atoms with E-state index in [0.717, 1.165) is 18.8 Å². The van der Waals surface area contributed by atoms with Crippen molar-refractivity contribution in [1.82, 2.24) is 0 Å². The van der Waals surface area contributed by atoms with Gasteiger partial charge in [-0.3, -0.25) is 4.90 Å². The molecule has 2 aromatic rings. The number of halogens is 2. The SMILES string of the molecule is NC[C@H]1CN(c2ccc(N3CCN(c4ccc(Cl)cc4)CC3)c(F)c2)C(=O)O1. The van der Waals surface area contributed by atoms with Gasteiger partial charge in [0.25, 0.3) is 0 Å². The summed E-state index contributed by atoms with van der Waals surface area (Å²) in [6.07, 6.45) is -0.838. The first-order valence-corrected chi connectivity index (χ1v) is 9.66. The van der Waals surface area contributed by atoms with Crippen molar-refractivity contribution in [3.63, 3.8) is 0 Å². The Morgan fingerprint density at radius 2 is 1.68 bits per heavy atom. The second-order valence-corrected chi connectivity index (χ2v) is 7.37. The monoisotopic (exact) mass is 404 g/mol. The second kappa shape index (κ2) is 7.85. The summed E-state index contributed by atoms with van der Waals surface area (Å²) >= 11 is 5.95. The van der Waals surface area contributed by atoms with E-state index in [2.05, 4.69) is 4.90 Å². The van der Waals surface area contributed by atoms with E-state index >= 15 is 0 Å². The van der Waals surface area contributed by atoms with Crippen LogP contribution < -0.4 is 20.4 Å². The zero-order chi connectivity index (χ0) is 19.7. The number of cyclic esters (lactones) is 1. The van der Waals surface area contributed by atoms with Crippen molar-refractivity contribution in [3.05, 3.63) is 53.3 Å². The summed E-state index contributed by atoms with van der Waals surface area (Å²) in [5.41, 5.74) is 7.70. The third-order valence-electron chi connectivity index (χ3n) is 5.19. The number of hydrogen-bond acceptors (Lipinski definition) is 5. The maximum Gasteiger partial charge on any atom is 0.414 e. The number of rotatable bonds is 4. The highest BCUT2D eigenvalue weighted by Gasteiger charge is 2.32. The number of carbonyl (C=O) groups is 1. The van der Waals surface area contributed by atoms with Crippen LogP contribution in [0.5, 0.6) is 0 Å². The quantitative estimate of drug-likeness (QED) is 0.848. The lowest BCUT2D eigenvalue weighted by Gasteiger charge is -2.37. The van der Waals surface area contributed by atoms with E-state index in [4.69, 9.17) is 22.1 Å². The molecule has 6 nitrogen and oxygen atoms in total. The average Bonchev–Trinajstić information content (AvgIpc) is 3.09.